The molecule has 6 aliphatic rings. The fraction of sp³-hybridized carbons (Fsp3) is 0.872. The SMILES string of the molecule is C=C(C)[C@@H]1CCC2(C(=O)N[C@H]3CCN(C(=O)OC(C)(C)C)C3)CC[C@]3(C)C(CCC4C5(C)CCC(OC=O)C(C)(C)C5CCC43C)[C@@H]12.CCC(C)(C)CC(=O)O. The van der Waals surface area contributed by atoms with E-state index >= 15 is 0 Å². The number of rotatable bonds is 8. The van der Waals surface area contributed by atoms with Crippen molar-refractivity contribution in [3.63, 3.8) is 0 Å². The molecule has 0 bridgehead atoms. The van der Waals surface area contributed by atoms with E-state index in [1.807, 2.05) is 41.5 Å². The number of allylic oxidation sites excluding steroid dienone is 1. The number of carboxylic acid groups (broad SMARTS) is 1. The van der Waals surface area contributed by atoms with Gasteiger partial charge in [0.15, 0.2) is 0 Å². The molecular weight excluding hydrogens is 705 g/mol. The van der Waals surface area contributed by atoms with Gasteiger partial charge in [0.05, 0.1) is 11.8 Å². The van der Waals surface area contributed by atoms with Crippen LogP contribution in [-0.4, -0.2) is 65.3 Å². The first-order chi connectivity index (χ1) is 25.8. The molecule has 2 N–H and O–H groups in total. The van der Waals surface area contributed by atoms with Crippen LogP contribution in [0, 0.1) is 62.1 Å². The topological polar surface area (TPSA) is 122 Å². The van der Waals surface area contributed by atoms with E-state index in [-0.39, 0.29) is 63.1 Å². The average Bonchev–Trinajstić information content (AvgIpc) is 3.72. The quantitative estimate of drug-likeness (QED) is 0.186. The van der Waals surface area contributed by atoms with Gasteiger partial charge < -0.3 is 24.8 Å². The smallest absolute Gasteiger partial charge is 0.410 e. The van der Waals surface area contributed by atoms with Gasteiger partial charge in [-0.1, -0.05) is 74.0 Å². The van der Waals surface area contributed by atoms with Gasteiger partial charge in [-0.25, -0.2) is 4.79 Å². The van der Waals surface area contributed by atoms with Crippen LogP contribution in [-0.2, 0) is 23.9 Å². The Kier molecular flexibility index (Phi) is 12.4. The van der Waals surface area contributed by atoms with Crippen molar-refractivity contribution in [1.82, 2.24) is 10.2 Å². The molecule has 5 saturated carbocycles. The summed E-state index contributed by atoms with van der Waals surface area (Å²) in [6, 6.07) is -0.0348. The van der Waals surface area contributed by atoms with E-state index < -0.39 is 11.6 Å². The van der Waals surface area contributed by atoms with Gasteiger partial charge in [0, 0.05) is 24.5 Å². The number of carbonyl (C=O) groups excluding carboxylic acids is 3. The number of likely N-dealkylation sites (tertiary alicyclic amines) is 1. The lowest BCUT2D eigenvalue weighted by Gasteiger charge is -2.72. The number of aliphatic carboxylic acids is 1. The van der Waals surface area contributed by atoms with E-state index in [1.165, 1.54) is 31.3 Å². The molecule has 1 aliphatic heterocycles. The summed E-state index contributed by atoms with van der Waals surface area (Å²) in [5.74, 6) is 1.82. The van der Waals surface area contributed by atoms with Gasteiger partial charge in [0.25, 0.3) is 6.47 Å². The Hall–Kier alpha value is -2.58. The zero-order chi connectivity index (χ0) is 41.9. The summed E-state index contributed by atoms with van der Waals surface area (Å²) in [6.07, 6.45) is 12.5. The van der Waals surface area contributed by atoms with E-state index in [0.717, 1.165) is 51.4 Å². The molecule has 56 heavy (non-hydrogen) atoms. The van der Waals surface area contributed by atoms with Crippen molar-refractivity contribution >= 4 is 24.4 Å². The molecule has 0 aromatic carbocycles. The molecule has 0 aromatic heterocycles. The third-order valence-electron chi connectivity index (χ3n) is 17.4. The molecule has 1 heterocycles. The van der Waals surface area contributed by atoms with Gasteiger partial charge in [-0.05, 0) is 150 Å². The Morgan fingerprint density at radius 2 is 1.55 bits per heavy atom. The van der Waals surface area contributed by atoms with Crippen LogP contribution in [0.3, 0.4) is 0 Å². The number of nitrogens with zero attached hydrogens (tertiary/aromatic N) is 1. The van der Waals surface area contributed by atoms with Crippen LogP contribution in [0.25, 0.3) is 0 Å². The Morgan fingerprint density at radius 3 is 2.12 bits per heavy atom. The minimum atomic E-state index is -0.707. The predicted octanol–water partition coefficient (Wildman–Crippen LogP) is 10.2. The number of fused-ring (bicyclic) bond motifs is 7. The lowest BCUT2D eigenvalue weighted by Crippen LogP contribution is -2.67. The first-order valence-electron chi connectivity index (χ1n) is 22.1. The Morgan fingerprint density at radius 1 is 0.875 bits per heavy atom. The van der Waals surface area contributed by atoms with Crippen molar-refractivity contribution in [3.05, 3.63) is 12.2 Å². The number of hydrogen-bond acceptors (Lipinski definition) is 6. The van der Waals surface area contributed by atoms with Crippen LogP contribution in [0.4, 0.5) is 4.79 Å². The largest absolute Gasteiger partial charge is 0.481 e. The van der Waals surface area contributed by atoms with E-state index in [9.17, 15) is 19.2 Å². The monoisotopic (exact) mass is 783 g/mol. The molecule has 5 aliphatic carbocycles. The maximum Gasteiger partial charge on any atom is 0.410 e. The minimum Gasteiger partial charge on any atom is -0.481 e. The summed E-state index contributed by atoms with van der Waals surface area (Å²) in [7, 11) is 0. The van der Waals surface area contributed by atoms with Crippen molar-refractivity contribution in [2.75, 3.05) is 13.1 Å². The number of amides is 2. The molecule has 7 unspecified atom stereocenters. The lowest BCUT2D eigenvalue weighted by molar-refractivity contribution is -0.247. The number of carbonyl (C=O) groups is 4. The first kappa shape index (κ1) is 44.5. The number of hydrogen-bond donors (Lipinski definition) is 2. The van der Waals surface area contributed by atoms with E-state index in [4.69, 9.17) is 14.6 Å². The van der Waals surface area contributed by atoms with Crippen molar-refractivity contribution in [2.45, 2.75) is 184 Å². The molecule has 0 spiro atoms. The molecule has 318 valence electrons. The number of nitrogens with one attached hydrogen (secondary N) is 1. The second-order valence-corrected chi connectivity index (χ2v) is 22.4. The van der Waals surface area contributed by atoms with E-state index in [1.54, 1.807) is 4.90 Å². The highest BCUT2D eigenvalue weighted by Crippen LogP contribution is 2.77. The van der Waals surface area contributed by atoms with Crippen LogP contribution in [0.2, 0.25) is 0 Å². The summed E-state index contributed by atoms with van der Waals surface area (Å²) < 4.78 is 11.3. The average molecular weight is 783 g/mol. The second-order valence-electron chi connectivity index (χ2n) is 22.4. The first-order valence-corrected chi connectivity index (χ1v) is 22.1. The molecule has 0 radical (unpaired) electrons. The normalized spacial score (nSPS) is 40.0. The number of ether oxygens (including phenoxy) is 2. The molecule has 1 saturated heterocycles. The molecule has 11 atom stereocenters. The molecule has 0 aromatic rings. The van der Waals surface area contributed by atoms with Gasteiger partial charge in [-0.2, -0.15) is 0 Å². The van der Waals surface area contributed by atoms with Crippen LogP contribution >= 0.6 is 0 Å². The van der Waals surface area contributed by atoms with Gasteiger partial charge >= 0.3 is 12.1 Å². The molecule has 2 amide bonds. The molecule has 6 fully saturated rings. The van der Waals surface area contributed by atoms with Gasteiger partial charge in [0.2, 0.25) is 5.91 Å². The highest BCUT2D eigenvalue weighted by Gasteiger charge is 2.72. The lowest BCUT2D eigenvalue weighted by atomic mass is 9.32. The maximum atomic E-state index is 14.7. The molecular formula is C47H78N2O7. The zero-order valence-corrected chi connectivity index (χ0v) is 37.3. The summed E-state index contributed by atoms with van der Waals surface area (Å²) in [4.78, 5) is 50.8. The highest BCUT2D eigenvalue weighted by molar-refractivity contribution is 5.84. The summed E-state index contributed by atoms with van der Waals surface area (Å²) >= 11 is 0. The van der Waals surface area contributed by atoms with E-state index in [2.05, 4.69) is 53.4 Å². The van der Waals surface area contributed by atoms with Crippen molar-refractivity contribution < 1.29 is 33.8 Å². The number of carboxylic acids is 1. The van der Waals surface area contributed by atoms with Crippen molar-refractivity contribution in [2.24, 2.45) is 62.1 Å². The second kappa shape index (κ2) is 15.5. The van der Waals surface area contributed by atoms with Crippen LogP contribution < -0.4 is 5.32 Å². The van der Waals surface area contributed by atoms with Gasteiger partial charge in [0.1, 0.15) is 11.7 Å². The Balaban J connectivity index is 0.000000595. The van der Waals surface area contributed by atoms with E-state index in [0.29, 0.717) is 49.2 Å². The van der Waals surface area contributed by atoms with Crippen molar-refractivity contribution in [3.8, 4) is 0 Å². The summed E-state index contributed by atoms with van der Waals surface area (Å²) in [5.41, 5.74) is 0.817. The molecule has 6 rings (SSSR count). The predicted molar refractivity (Wildman–Crippen MR) is 221 cm³/mol. The third kappa shape index (κ3) is 7.80. The summed E-state index contributed by atoms with van der Waals surface area (Å²) in [5, 5.41) is 11.9. The Labute approximate surface area is 339 Å². The molecule has 9 nitrogen and oxygen atoms in total. The minimum absolute atomic E-state index is 0.00550. The summed E-state index contributed by atoms with van der Waals surface area (Å²) in [6.45, 7) is 32.6. The standard InChI is InChI=1S/C40H64N2O5.C7H14O2/c1-25(2)27-13-19-40(33(44)41-26-16-22-42(23-26)34(45)47-35(3,4)5)21-20-38(9)28(32(27)40)11-12-30-37(8)17-15-31(46-24-43)36(6,7)29(37)14-18-39(30,38)10;1-4-7(2,3)5-6(8)9/h24,26-32H,1,11-23H2,2-10H3,(H,41,44);4-5H2,1-3H3,(H,8,9)/t26-,27-,28?,29?,30?,31?,32+,37?,38+,39?,40?;/m0./s1. The van der Waals surface area contributed by atoms with Crippen LogP contribution in [0.1, 0.15) is 167 Å². The van der Waals surface area contributed by atoms with Crippen LogP contribution in [0.15, 0.2) is 12.2 Å². The van der Waals surface area contributed by atoms with Crippen molar-refractivity contribution in [1.29, 1.82) is 0 Å². The highest BCUT2D eigenvalue weighted by atomic mass is 16.6. The Bertz CT molecular complexity index is 1520. The van der Waals surface area contributed by atoms with Gasteiger partial charge in [-0.15, -0.1) is 0 Å². The van der Waals surface area contributed by atoms with Crippen LogP contribution in [0.5, 0.6) is 0 Å². The fourth-order valence-electron chi connectivity index (χ4n) is 14.1. The fourth-order valence-corrected chi connectivity index (χ4v) is 14.1. The molecule has 9 heteroatoms. The third-order valence-corrected chi connectivity index (χ3v) is 17.4. The van der Waals surface area contributed by atoms with Gasteiger partial charge in [-0.3, -0.25) is 14.4 Å². The zero-order valence-electron chi connectivity index (χ0n) is 37.3. The maximum absolute atomic E-state index is 14.7.